The summed E-state index contributed by atoms with van der Waals surface area (Å²) in [6, 6.07) is 11.2. The third kappa shape index (κ3) is 5.93. The van der Waals surface area contributed by atoms with Gasteiger partial charge in [0.1, 0.15) is 6.04 Å². The molecule has 1 aliphatic heterocycles. The molecular formula is C27H35N3O4S. The third-order valence-corrected chi connectivity index (χ3v) is 7.76. The van der Waals surface area contributed by atoms with E-state index in [1.165, 1.54) is 18.4 Å². The lowest BCUT2D eigenvalue weighted by molar-refractivity contribution is -0.151. The minimum Gasteiger partial charge on any atom is -0.469 e. The van der Waals surface area contributed by atoms with E-state index in [1.54, 1.807) is 4.90 Å². The van der Waals surface area contributed by atoms with Gasteiger partial charge in [-0.1, -0.05) is 30.3 Å². The lowest BCUT2D eigenvalue weighted by Crippen LogP contribution is -2.55. The van der Waals surface area contributed by atoms with Crippen molar-refractivity contribution in [3.8, 4) is 11.1 Å². The van der Waals surface area contributed by atoms with Crippen LogP contribution in [-0.4, -0.2) is 60.0 Å². The smallest absolute Gasteiger partial charge is 0.310 e. The van der Waals surface area contributed by atoms with E-state index < -0.39 is 6.04 Å². The highest BCUT2D eigenvalue weighted by atomic mass is 32.1. The molecule has 2 amide bonds. The molecule has 2 heterocycles. The predicted octanol–water partition coefficient (Wildman–Crippen LogP) is 3.84. The van der Waals surface area contributed by atoms with Crippen LogP contribution in [0, 0.1) is 5.92 Å². The minimum atomic E-state index is -0.575. The van der Waals surface area contributed by atoms with E-state index in [2.05, 4.69) is 31.4 Å². The summed E-state index contributed by atoms with van der Waals surface area (Å²) in [5.41, 5.74) is 1.98. The van der Waals surface area contributed by atoms with E-state index in [-0.39, 0.29) is 41.3 Å². The number of carbonyl (C=O) groups excluding carboxylic acids is 3. The van der Waals surface area contributed by atoms with Crippen LogP contribution in [0.2, 0.25) is 0 Å². The summed E-state index contributed by atoms with van der Waals surface area (Å²) in [4.78, 5) is 41.3. The van der Waals surface area contributed by atoms with Crippen molar-refractivity contribution in [2.24, 2.45) is 5.92 Å². The average Bonchev–Trinajstić information content (AvgIpc) is 3.46. The summed E-state index contributed by atoms with van der Waals surface area (Å²) in [6.45, 7) is 6.86. The molecule has 0 spiro atoms. The molecule has 1 aliphatic carbocycles. The number of likely N-dealkylation sites (tertiary alicyclic amines) is 1. The first-order valence-corrected chi connectivity index (χ1v) is 13.1. The van der Waals surface area contributed by atoms with Gasteiger partial charge in [-0.2, -0.15) is 0 Å². The Morgan fingerprint density at radius 3 is 2.51 bits per heavy atom. The Morgan fingerprint density at radius 2 is 1.83 bits per heavy atom. The lowest BCUT2D eigenvalue weighted by atomic mass is 9.80. The number of rotatable bonds is 6. The first-order valence-electron chi connectivity index (χ1n) is 12.3. The van der Waals surface area contributed by atoms with Crippen LogP contribution in [0.4, 0.5) is 0 Å². The van der Waals surface area contributed by atoms with Gasteiger partial charge in [0.2, 0.25) is 5.91 Å². The van der Waals surface area contributed by atoms with Gasteiger partial charge in [0.15, 0.2) is 0 Å². The number of nitrogens with zero attached hydrogens (tertiary/aromatic N) is 1. The lowest BCUT2D eigenvalue weighted by Gasteiger charge is -2.41. The molecule has 4 atom stereocenters. The fourth-order valence-electron chi connectivity index (χ4n) is 5.31. The maximum absolute atomic E-state index is 13.3. The molecule has 8 heteroatoms. The van der Waals surface area contributed by atoms with Crippen LogP contribution in [0.5, 0.6) is 0 Å². The van der Waals surface area contributed by atoms with Crippen LogP contribution in [0.1, 0.15) is 56.1 Å². The van der Waals surface area contributed by atoms with Gasteiger partial charge >= 0.3 is 5.97 Å². The maximum Gasteiger partial charge on any atom is 0.310 e. The predicted molar refractivity (Wildman–Crippen MR) is 137 cm³/mol. The Balaban J connectivity index is 1.41. The average molecular weight is 498 g/mol. The van der Waals surface area contributed by atoms with Crippen molar-refractivity contribution in [2.45, 2.75) is 70.1 Å². The Bertz CT molecular complexity index is 1060. The van der Waals surface area contributed by atoms with Crippen LogP contribution in [0.3, 0.4) is 0 Å². The number of methoxy groups -OCH3 is 1. The van der Waals surface area contributed by atoms with Gasteiger partial charge in [-0.15, -0.1) is 11.3 Å². The number of hydrogen-bond acceptors (Lipinski definition) is 6. The van der Waals surface area contributed by atoms with Gasteiger partial charge < -0.3 is 20.3 Å². The SMILES string of the molecule is COC(=O)[C@@H]1C[C@H](NC(C)(C)C)CC[C@@H]1N1CC[C@H](NC(=O)c2cc(-c3ccccc3)cs2)C1=O. The number of hydrogen-bond donors (Lipinski definition) is 2. The van der Waals surface area contributed by atoms with Gasteiger partial charge in [-0.3, -0.25) is 14.4 Å². The van der Waals surface area contributed by atoms with Gasteiger partial charge in [0, 0.05) is 24.2 Å². The zero-order valence-electron chi connectivity index (χ0n) is 20.9. The molecule has 2 aromatic rings. The summed E-state index contributed by atoms with van der Waals surface area (Å²) in [5, 5.41) is 8.47. The molecule has 1 saturated carbocycles. The van der Waals surface area contributed by atoms with Crippen LogP contribution >= 0.6 is 11.3 Å². The molecule has 188 valence electrons. The molecular weight excluding hydrogens is 462 g/mol. The van der Waals surface area contributed by atoms with Crippen LogP contribution < -0.4 is 10.6 Å². The number of esters is 1. The maximum atomic E-state index is 13.3. The van der Waals surface area contributed by atoms with Gasteiger partial charge in [-0.25, -0.2) is 0 Å². The van der Waals surface area contributed by atoms with Crippen molar-refractivity contribution in [1.82, 2.24) is 15.5 Å². The van der Waals surface area contributed by atoms with Crippen LogP contribution in [0.15, 0.2) is 41.8 Å². The quantitative estimate of drug-likeness (QED) is 0.592. The molecule has 0 radical (unpaired) electrons. The molecule has 0 unspecified atom stereocenters. The second-order valence-electron chi connectivity index (χ2n) is 10.5. The van der Waals surface area contributed by atoms with Gasteiger partial charge in [0.25, 0.3) is 5.91 Å². The summed E-state index contributed by atoms with van der Waals surface area (Å²) in [7, 11) is 1.40. The Hall–Kier alpha value is -2.71. The zero-order valence-corrected chi connectivity index (χ0v) is 21.7. The molecule has 1 aromatic heterocycles. The highest BCUT2D eigenvalue weighted by molar-refractivity contribution is 7.12. The van der Waals surface area contributed by atoms with E-state index >= 15 is 0 Å². The number of amides is 2. The molecule has 0 bridgehead atoms. The highest BCUT2D eigenvalue weighted by Gasteiger charge is 2.45. The number of thiophene rings is 1. The normalized spacial score (nSPS) is 24.9. The Kier molecular flexibility index (Phi) is 7.62. The van der Waals surface area contributed by atoms with Crippen molar-refractivity contribution in [2.75, 3.05) is 13.7 Å². The van der Waals surface area contributed by atoms with Crippen LogP contribution in [0.25, 0.3) is 11.1 Å². The first kappa shape index (κ1) is 25.4. The van der Waals surface area contributed by atoms with Gasteiger partial charge in [0.05, 0.1) is 17.9 Å². The summed E-state index contributed by atoms with van der Waals surface area (Å²) >= 11 is 1.37. The molecule has 4 rings (SSSR count). The fourth-order valence-corrected chi connectivity index (χ4v) is 6.13. The topological polar surface area (TPSA) is 87.7 Å². The number of ether oxygens (including phenoxy) is 1. The number of carbonyl (C=O) groups is 3. The van der Waals surface area contributed by atoms with E-state index in [9.17, 15) is 14.4 Å². The minimum absolute atomic E-state index is 0.0564. The fraction of sp³-hybridized carbons (Fsp3) is 0.519. The van der Waals surface area contributed by atoms with Crippen molar-refractivity contribution in [1.29, 1.82) is 0 Å². The number of nitrogens with one attached hydrogen (secondary N) is 2. The standard InChI is InChI=1S/C27H35N3O4S/c1-27(2,3)29-19-10-11-22(20(15-19)26(33)34-4)30-13-12-21(25(30)32)28-24(31)23-14-18(16-35-23)17-8-6-5-7-9-17/h5-9,14,16,19-22,29H,10-13,15H2,1-4H3,(H,28,31)/t19-,20-,21+,22+/m1/s1. The monoisotopic (exact) mass is 497 g/mol. The Labute approximate surface area is 211 Å². The Morgan fingerprint density at radius 1 is 1.09 bits per heavy atom. The van der Waals surface area contributed by atoms with E-state index in [1.807, 2.05) is 41.8 Å². The summed E-state index contributed by atoms with van der Waals surface area (Å²) < 4.78 is 5.11. The van der Waals surface area contributed by atoms with Crippen molar-refractivity contribution < 1.29 is 19.1 Å². The van der Waals surface area contributed by atoms with Crippen LogP contribution in [-0.2, 0) is 14.3 Å². The zero-order chi connectivity index (χ0) is 25.2. The summed E-state index contributed by atoms with van der Waals surface area (Å²) in [5.74, 6) is -1.00. The van der Waals surface area contributed by atoms with Crippen molar-refractivity contribution in [3.05, 3.63) is 46.7 Å². The second kappa shape index (κ2) is 10.5. The van der Waals surface area contributed by atoms with E-state index in [4.69, 9.17) is 4.74 Å². The molecule has 2 aliphatic rings. The number of benzene rings is 1. The highest BCUT2D eigenvalue weighted by Crippen LogP contribution is 2.33. The van der Waals surface area contributed by atoms with Gasteiger partial charge in [-0.05, 0) is 69.0 Å². The second-order valence-corrected chi connectivity index (χ2v) is 11.4. The van der Waals surface area contributed by atoms with E-state index in [0.29, 0.717) is 24.3 Å². The molecule has 1 aromatic carbocycles. The molecule has 1 saturated heterocycles. The first-order chi connectivity index (χ1) is 16.7. The third-order valence-electron chi connectivity index (χ3n) is 6.83. The summed E-state index contributed by atoms with van der Waals surface area (Å²) in [6.07, 6.45) is 2.78. The molecule has 2 fully saturated rings. The molecule has 2 N–H and O–H groups in total. The molecule has 35 heavy (non-hydrogen) atoms. The molecule has 7 nitrogen and oxygen atoms in total. The largest absolute Gasteiger partial charge is 0.469 e. The van der Waals surface area contributed by atoms with E-state index in [0.717, 1.165) is 24.0 Å². The van der Waals surface area contributed by atoms with Crippen molar-refractivity contribution >= 4 is 29.1 Å². The van der Waals surface area contributed by atoms with Crippen molar-refractivity contribution in [3.63, 3.8) is 0 Å².